The maximum Gasteiger partial charge on any atom is 0.218 e. The molecule has 1 aromatic carbocycles. The second-order valence-electron chi connectivity index (χ2n) is 4.25. The molecule has 5 nitrogen and oxygen atoms in total. The van der Waals surface area contributed by atoms with Gasteiger partial charge in [0.1, 0.15) is 0 Å². The Kier molecular flexibility index (Phi) is 6.11. The number of hydrogen-bond donors (Lipinski definition) is 2. The average molecular weight is 331 g/mol. The van der Waals surface area contributed by atoms with Gasteiger partial charge in [-0.05, 0) is 24.6 Å². The van der Waals surface area contributed by atoms with Crippen LogP contribution in [0.1, 0.15) is 18.9 Å². The van der Waals surface area contributed by atoms with E-state index in [1.54, 1.807) is 14.2 Å². The summed E-state index contributed by atoms with van der Waals surface area (Å²) in [5, 5.41) is 3.23. The lowest BCUT2D eigenvalue weighted by Crippen LogP contribution is -2.30. The monoisotopic (exact) mass is 330 g/mol. The van der Waals surface area contributed by atoms with E-state index in [0.717, 1.165) is 10.0 Å². The molecule has 0 heterocycles. The van der Waals surface area contributed by atoms with E-state index in [9.17, 15) is 4.79 Å². The summed E-state index contributed by atoms with van der Waals surface area (Å²) in [5.41, 5.74) is 6.17. The van der Waals surface area contributed by atoms with E-state index >= 15 is 0 Å². The zero-order valence-electron chi connectivity index (χ0n) is 11.3. The predicted octanol–water partition coefficient (Wildman–Crippen LogP) is 1.82. The molecule has 19 heavy (non-hydrogen) atoms. The number of nitrogens with two attached hydrogens (primary N) is 1. The molecule has 1 aromatic rings. The summed E-state index contributed by atoms with van der Waals surface area (Å²) in [6, 6.07) is 3.78. The number of rotatable bonds is 7. The summed E-state index contributed by atoms with van der Waals surface area (Å²) < 4.78 is 11.4. The first kappa shape index (κ1) is 15.8. The maximum absolute atomic E-state index is 10.8. The van der Waals surface area contributed by atoms with Crippen molar-refractivity contribution in [2.45, 2.75) is 25.9 Å². The van der Waals surface area contributed by atoms with E-state index in [0.29, 0.717) is 24.5 Å². The van der Waals surface area contributed by atoms with Crippen LogP contribution in [0, 0.1) is 0 Å². The highest BCUT2D eigenvalue weighted by atomic mass is 79.9. The van der Waals surface area contributed by atoms with Crippen molar-refractivity contribution in [1.82, 2.24) is 5.32 Å². The summed E-state index contributed by atoms with van der Waals surface area (Å²) in [7, 11) is 3.19. The van der Waals surface area contributed by atoms with Crippen LogP contribution in [-0.2, 0) is 11.3 Å². The minimum atomic E-state index is -0.314. The van der Waals surface area contributed by atoms with Gasteiger partial charge in [-0.15, -0.1) is 0 Å². The Labute approximate surface area is 121 Å². The smallest absolute Gasteiger partial charge is 0.218 e. The normalized spacial score (nSPS) is 12.0. The number of carbonyl (C=O) groups is 1. The van der Waals surface area contributed by atoms with Crippen LogP contribution in [0.4, 0.5) is 0 Å². The number of halogens is 1. The van der Waals surface area contributed by atoms with Crippen LogP contribution in [0.15, 0.2) is 16.6 Å². The van der Waals surface area contributed by atoms with E-state index in [4.69, 9.17) is 15.2 Å². The van der Waals surface area contributed by atoms with E-state index in [1.165, 1.54) is 0 Å². The van der Waals surface area contributed by atoms with Crippen LogP contribution in [-0.4, -0.2) is 26.2 Å². The molecule has 6 heteroatoms. The second-order valence-corrected chi connectivity index (χ2v) is 5.11. The number of ether oxygens (including phenoxy) is 2. The summed E-state index contributed by atoms with van der Waals surface area (Å²) in [5.74, 6) is 1.03. The van der Waals surface area contributed by atoms with Gasteiger partial charge in [-0.1, -0.05) is 15.9 Å². The van der Waals surface area contributed by atoms with Gasteiger partial charge in [-0.2, -0.15) is 0 Å². The van der Waals surface area contributed by atoms with E-state index in [1.807, 2.05) is 19.1 Å². The summed E-state index contributed by atoms with van der Waals surface area (Å²) in [4.78, 5) is 10.8. The largest absolute Gasteiger partial charge is 0.493 e. The Balaban J connectivity index is 2.75. The fourth-order valence-corrected chi connectivity index (χ4v) is 2.15. The number of primary amides is 1. The Bertz CT molecular complexity index is 452. The molecule has 0 bridgehead atoms. The lowest BCUT2D eigenvalue weighted by Gasteiger charge is -2.15. The highest BCUT2D eigenvalue weighted by Crippen LogP contribution is 2.33. The third-order valence-electron chi connectivity index (χ3n) is 2.70. The Hall–Kier alpha value is -1.27. The SMILES string of the molecule is COc1cc(Br)c(CNC(C)CC(N)=O)cc1OC. The van der Waals surface area contributed by atoms with Crippen molar-refractivity contribution in [1.29, 1.82) is 0 Å². The average Bonchev–Trinajstić information content (AvgIpc) is 2.36. The van der Waals surface area contributed by atoms with Crippen LogP contribution in [0.5, 0.6) is 11.5 Å². The van der Waals surface area contributed by atoms with Crippen molar-refractivity contribution in [3.8, 4) is 11.5 Å². The molecule has 0 fully saturated rings. The first-order valence-electron chi connectivity index (χ1n) is 5.90. The molecular formula is C13H19BrN2O3. The Morgan fingerprint density at radius 3 is 2.47 bits per heavy atom. The van der Waals surface area contributed by atoms with Gasteiger partial charge in [0.05, 0.1) is 14.2 Å². The lowest BCUT2D eigenvalue weighted by molar-refractivity contribution is -0.118. The zero-order valence-corrected chi connectivity index (χ0v) is 12.9. The van der Waals surface area contributed by atoms with Crippen LogP contribution in [0.3, 0.4) is 0 Å². The van der Waals surface area contributed by atoms with Gasteiger partial charge < -0.3 is 20.5 Å². The van der Waals surface area contributed by atoms with Crippen LogP contribution in [0.25, 0.3) is 0 Å². The standard InChI is InChI=1S/C13H19BrN2O3/c1-8(4-13(15)17)16-7-9-5-11(18-2)12(19-3)6-10(9)14/h5-6,8,16H,4,7H2,1-3H3,(H2,15,17). The van der Waals surface area contributed by atoms with Gasteiger partial charge >= 0.3 is 0 Å². The summed E-state index contributed by atoms with van der Waals surface area (Å²) in [6.45, 7) is 2.52. The molecule has 1 amide bonds. The van der Waals surface area contributed by atoms with Crippen molar-refractivity contribution in [3.05, 3.63) is 22.2 Å². The summed E-state index contributed by atoms with van der Waals surface area (Å²) >= 11 is 3.49. The first-order chi connectivity index (χ1) is 8.97. The highest BCUT2D eigenvalue weighted by molar-refractivity contribution is 9.10. The number of amides is 1. The van der Waals surface area contributed by atoms with Crippen molar-refractivity contribution in [2.75, 3.05) is 14.2 Å². The molecular weight excluding hydrogens is 312 g/mol. The van der Waals surface area contributed by atoms with Crippen LogP contribution >= 0.6 is 15.9 Å². The van der Waals surface area contributed by atoms with Gasteiger partial charge in [0.2, 0.25) is 5.91 Å². The molecule has 1 atom stereocenters. The van der Waals surface area contributed by atoms with E-state index < -0.39 is 0 Å². The van der Waals surface area contributed by atoms with Gasteiger partial charge in [0.25, 0.3) is 0 Å². The predicted molar refractivity (Wildman–Crippen MR) is 77.4 cm³/mol. The molecule has 0 aliphatic rings. The third-order valence-corrected chi connectivity index (χ3v) is 3.44. The maximum atomic E-state index is 10.8. The van der Waals surface area contributed by atoms with Gasteiger partial charge in [0, 0.05) is 23.5 Å². The summed E-state index contributed by atoms with van der Waals surface area (Å²) in [6.07, 6.45) is 0.310. The number of methoxy groups -OCH3 is 2. The first-order valence-corrected chi connectivity index (χ1v) is 6.69. The molecule has 0 radical (unpaired) electrons. The van der Waals surface area contributed by atoms with Crippen LogP contribution < -0.4 is 20.5 Å². The van der Waals surface area contributed by atoms with Crippen molar-refractivity contribution < 1.29 is 14.3 Å². The van der Waals surface area contributed by atoms with E-state index in [2.05, 4.69) is 21.2 Å². The third kappa shape index (κ3) is 4.72. The number of carbonyl (C=O) groups excluding carboxylic acids is 1. The lowest BCUT2D eigenvalue weighted by atomic mass is 10.1. The molecule has 0 saturated carbocycles. The van der Waals surface area contributed by atoms with Crippen molar-refractivity contribution in [2.24, 2.45) is 5.73 Å². The molecule has 106 valence electrons. The molecule has 1 rings (SSSR count). The number of hydrogen-bond acceptors (Lipinski definition) is 4. The Morgan fingerprint density at radius 1 is 1.37 bits per heavy atom. The molecule has 1 unspecified atom stereocenters. The molecule has 3 N–H and O–H groups in total. The topological polar surface area (TPSA) is 73.6 Å². The molecule has 0 saturated heterocycles. The fraction of sp³-hybridized carbons (Fsp3) is 0.462. The Morgan fingerprint density at radius 2 is 1.95 bits per heavy atom. The van der Waals surface area contributed by atoms with Crippen molar-refractivity contribution in [3.63, 3.8) is 0 Å². The van der Waals surface area contributed by atoms with Gasteiger partial charge in [-0.3, -0.25) is 4.79 Å². The van der Waals surface area contributed by atoms with Gasteiger partial charge in [0.15, 0.2) is 11.5 Å². The molecule has 0 aromatic heterocycles. The van der Waals surface area contributed by atoms with Gasteiger partial charge in [-0.25, -0.2) is 0 Å². The zero-order chi connectivity index (χ0) is 14.4. The highest BCUT2D eigenvalue weighted by Gasteiger charge is 2.11. The van der Waals surface area contributed by atoms with Crippen molar-refractivity contribution >= 4 is 21.8 Å². The minimum absolute atomic E-state index is 0.0255. The molecule has 0 aliphatic carbocycles. The number of nitrogens with one attached hydrogen (secondary N) is 1. The fourth-order valence-electron chi connectivity index (χ4n) is 1.69. The minimum Gasteiger partial charge on any atom is -0.493 e. The number of benzene rings is 1. The molecule has 0 aliphatic heterocycles. The molecule has 0 spiro atoms. The van der Waals surface area contributed by atoms with Crippen LogP contribution in [0.2, 0.25) is 0 Å². The second kappa shape index (κ2) is 7.35. The van der Waals surface area contributed by atoms with E-state index in [-0.39, 0.29) is 11.9 Å². The quantitative estimate of drug-likeness (QED) is 0.799.